The first-order valence-electron chi connectivity index (χ1n) is 6.61. The molecule has 0 N–H and O–H groups in total. The van der Waals surface area contributed by atoms with Gasteiger partial charge in [0.2, 0.25) is 17.6 Å². The van der Waals surface area contributed by atoms with Crippen LogP contribution in [-0.2, 0) is 4.79 Å². The largest absolute Gasteiger partial charge is 0.337 e. The first-order valence-corrected chi connectivity index (χ1v) is 6.61. The zero-order chi connectivity index (χ0) is 15.0. The highest BCUT2D eigenvalue weighted by molar-refractivity contribution is 5.77. The van der Waals surface area contributed by atoms with E-state index in [9.17, 15) is 13.6 Å². The average molecular weight is 293 g/mol. The number of benzene rings is 1. The predicted octanol–water partition coefficient (Wildman–Crippen LogP) is 2.70. The predicted molar refractivity (Wildman–Crippen MR) is 69.0 cm³/mol. The van der Waals surface area contributed by atoms with Crippen LogP contribution in [0.3, 0.4) is 0 Å². The summed E-state index contributed by atoms with van der Waals surface area (Å²) in [7, 11) is 1.69. The summed E-state index contributed by atoms with van der Waals surface area (Å²) in [5.74, 6) is -1.39. The molecule has 1 aliphatic heterocycles. The molecule has 1 atom stereocenters. The van der Waals surface area contributed by atoms with Gasteiger partial charge in [0.15, 0.2) is 11.6 Å². The van der Waals surface area contributed by atoms with Crippen molar-refractivity contribution in [3.8, 4) is 11.4 Å². The van der Waals surface area contributed by atoms with Crippen molar-refractivity contribution in [3.05, 3.63) is 35.7 Å². The zero-order valence-corrected chi connectivity index (χ0v) is 11.3. The number of hydrogen-bond acceptors (Lipinski definition) is 4. The minimum atomic E-state index is -0.969. The second-order valence-electron chi connectivity index (χ2n) is 5.00. The Labute approximate surface area is 119 Å². The third kappa shape index (κ3) is 2.51. The highest BCUT2D eigenvalue weighted by Gasteiger charge is 2.30. The second kappa shape index (κ2) is 5.23. The summed E-state index contributed by atoms with van der Waals surface area (Å²) in [6.07, 6.45) is 2.01. The third-order valence-corrected chi connectivity index (χ3v) is 3.63. The van der Waals surface area contributed by atoms with Crippen molar-refractivity contribution < 1.29 is 18.1 Å². The van der Waals surface area contributed by atoms with Crippen LogP contribution in [0, 0.1) is 11.6 Å². The molecule has 1 unspecified atom stereocenters. The molecule has 2 aromatic rings. The molecule has 21 heavy (non-hydrogen) atoms. The molecule has 0 spiro atoms. The lowest BCUT2D eigenvalue weighted by Crippen LogP contribution is -2.34. The van der Waals surface area contributed by atoms with E-state index in [1.165, 1.54) is 6.07 Å². The highest BCUT2D eigenvalue weighted by Crippen LogP contribution is 2.30. The van der Waals surface area contributed by atoms with E-state index in [0.717, 1.165) is 25.0 Å². The van der Waals surface area contributed by atoms with Crippen LogP contribution in [0.4, 0.5) is 8.78 Å². The molecule has 0 radical (unpaired) electrons. The number of amides is 1. The number of nitrogens with zero attached hydrogens (tertiary/aromatic N) is 3. The molecule has 110 valence electrons. The smallest absolute Gasteiger partial charge is 0.249 e. The number of aromatic nitrogens is 2. The van der Waals surface area contributed by atoms with Crippen molar-refractivity contribution in [2.45, 2.75) is 25.3 Å². The van der Waals surface area contributed by atoms with Gasteiger partial charge in [0.05, 0.1) is 0 Å². The van der Waals surface area contributed by atoms with Gasteiger partial charge in [-0.05, 0) is 31.0 Å². The van der Waals surface area contributed by atoms with Gasteiger partial charge in [-0.1, -0.05) is 5.16 Å². The van der Waals surface area contributed by atoms with Gasteiger partial charge in [0, 0.05) is 19.0 Å². The molecule has 1 aliphatic rings. The van der Waals surface area contributed by atoms with Gasteiger partial charge in [-0.25, -0.2) is 8.78 Å². The van der Waals surface area contributed by atoms with Gasteiger partial charge in [-0.3, -0.25) is 4.79 Å². The Morgan fingerprint density at radius 1 is 1.33 bits per heavy atom. The lowest BCUT2D eigenvalue weighted by molar-refractivity contribution is -0.135. The summed E-state index contributed by atoms with van der Waals surface area (Å²) >= 11 is 0. The summed E-state index contributed by atoms with van der Waals surface area (Å²) in [4.78, 5) is 17.5. The molecule has 1 saturated heterocycles. The Morgan fingerprint density at radius 2 is 2.14 bits per heavy atom. The Kier molecular flexibility index (Phi) is 3.40. The molecular formula is C14H13F2N3O2. The van der Waals surface area contributed by atoms with Crippen LogP contribution >= 0.6 is 0 Å². The number of carbonyl (C=O) groups excluding carboxylic acids is 1. The Bertz CT molecular complexity index is 687. The maximum Gasteiger partial charge on any atom is 0.249 e. The van der Waals surface area contributed by atoms with Crippen LogP contribution in [0.25, 0.3) is 11.4 Å². The molecule has 1 fully saturated rings. The fourth-order valence-corrected chi connectivity index (χ4v) is 2.40. The van der Waals surface area contributed by atoms with Crippen LogP contribution in [0.1, 0.15) is 31.2 Å². The molecule has 5 nitrogen and oxygen atoms in total. The first kappa shape index (κ1) is 13.7. The van der Waals surface area contributed by atoms with Crippen LogP contribution < -0.4 is 0 Å². The average Bonchev–Trinajstić information content (AvgIpc) is 2.94. The lowest BCUT2D eigenvalue weighted by atomic mass is 10.0. The van der Waals surface area contributed by atoms with Crippen LogP contribution in [0.5, 0.6) is 0 Å². The van der Waals surface area contributed by atoms with Crippen molar-refractivity contribution in [1.82, 2.24) is 15.0 Å². The Balaban J connectivity index is 1.89. The van der Waals surface area contributed by atoms with Crippen molar-refractivity contribution in [3.63, 3.8) is 0 Å². The molecular weight excluding hydrogens is 280 g/mol. The molecule has 0 bridgehead atoms. The second-order valence-corrected chi connectivity index (χ2v) is 5.00. The normalized spacial score (nSPS) is 19.1. The standard InChI is InChI=1S/C14H13F2N3O2/c1-19-11(3-2-4-12(19)20)14-17-13(18-21-14)8-5-6-9(15)10(16)7-8/h5-7,11H,2-4H2,1H3. The van der Waals surface area contributed by atoms with Crippen molar-refractivity contribution in [1.29, 1.82) is 0 Å². The molecule has 1 aromatic heterocycles. The first-order chi connectivity index (χ1) is 10.1. The summed E-state index contributed by atoms with van der Waals surface area (Å²) < 4.78 is 31.3. The fraction of sp³-hybridized carbons (Fsp3) is 0.357. The molecule has 0 aliphatic carbocycles. The summed E-state index contributed by atoms with van der Waals surface area (Å²) in [5, 5.41) is 3.78. The van der Waals surface area contributed by atoms with E-state index in [2.05, 4.69) is 10.1 Å². The fourth-order valence-electron chi connectivity index (χ4n) is 2.40. The molecule has 0 saturated carbocycles. The number of hydrogen-bond donors (Lipinski definition) is 0. The SMILES string of the molecule is CN1C(=O)CCCC1c1nc(-c2ccc(F)c(F)c2)no1. The van der Waals surface area contributed by atoms with Gasteiger partial charge >= 0.3 is 0 Å². The van der Waals surface area contributed by atoms with Crippen molar-refractivity contribution in [2.24, 2.45) is 0 Å². The quantitative estimate of drug-likeness (QED) is 0.854. The Hall–Kier alpha value is -2.31. The third-order valence-electron chi connectivity index (χ3n) is 3.63. The summed E-state index contributed by atoms with van der Waals surface area (Å²) in [5.41, 5.74) is 0.327. The van der Waals surface area contributed by atoms with Crippen LogP contribution in [0.15, 0.2) is 22.7 Å². The number of likely N-dealkylation sites (tertiary alicyclic amines) is 1. The molecule has 7 heteroatoms. The highest BCUT2D eigenvalue weighted by atomic mass is 19.2. The zero-order valence-electron chi connectivity index (χ0n) is 11.3. The van der Waals surface area contributed by atoms with E-state index in [1.807, 2.05) is 0 Å². The minimum Gasteiger partial charge on any atom is -0.337 e. The molecule has 1 aromatic carbocycles. The van der Waals surface area contributed by atoms with Gasteiger partial charge in [0.1, 0.15) is 6.04 Å². The molecule has 2 heterocycles. The molecule has 1 amide bonds. The van der Waals surface area contributed by atoms with E-state index in [4.69, 9.17) is 4.52 Å². The van der Waals surface area contributed by atoms with Crippen LogP contribution in [-0.4, -0.2) is 28.0 Å². The van der Waals surface area contributed by atoms with Crippen molar-refractivity contribution in [2.75, 3.05) is 7.05 Å². The maximum absolute atomic E-state index is 13.2. The van der Waals surface area contributed by atoms with Crippen molar-refractivity contribution >= 4 is 5.91 Å². The monoisotopic (exact) mass is 293 g/mol. The van der Waals surface area contributed by atoms with Gasteiger partial charge < -0.3 is 9.42 Å². The van der Waals surface area contributed by atoms with Gasteiger partial charge in [0.25, 0.3) is 0 Å². The van der Waals surface area contributed by atoms with Gasteiger partial charge in [-0.2, -0.15) is 4.98 Å². The van der Waals surface area contributed by atoms with Crippen LogP contribution in [0.2, 0.25) is 0 Å². The number of piperidine rings is 1. The number of carbonyl (C=O) groups is 1. The van der Waals surface area contributed by atoms with Gasteiger partial charge in [-0.15, -0.1) is 0 Å². The summed E-state index contributed by atoms with van der Waals surface area (Å²) in [6, 6.07) is 3.14. The minimum absolute atomic E-state index is 0.0267. The summed E-state index contributed by atoms with van der Waals surface area (Å²) in [6.45, 7) is 0. The van der Waals surface area contributed by atoms with E-state index in [1.54, 1.807) is 11.9 Å². The Morgan fingerprint density at radius 3 is 2.90 bits per heavy atom. The lowest BCUT2D eigenvalue weighted by Gasteiger charge is -2.29. The van der Waals surface area contributed by atoms with E-state index in [0.29, 0.717) is 17.9 Å². The van der Waals surface area contributed by atoms with E-state index >= 15 is 0 Å². The van der Waals surface area contributed by atoms with E-state index < -0.39 is 11.6 Å². The topological polar surface area (TPSA) is 59.2 Å². The maximum atomic E-state index is 13.2. The number of halogens is 2. The van der Waals surface area contributed by atoms with E-state index in [-0.39, 0.29) is 17.8 Å². The molecule has 3 rings (SSSR count). The number of rotatable bonds is 2.